The number of fused-ring (bicyclic) bond motifs is 1. The van der Waals surface area contributed by atoms with E-state index in [1.165, 1.54) is 25.0 Å². The second-order valence-electron chi connectivity index (χ2n) is 8.69. The Morgan fingerprint density at radius 3 is 2.66 bits per heavy atom. The highest BCUT2D eigenvalue weighted by Gasteiger charge is 2.38. The van der Waals surface area contributed by atoms with Gasteiger partial charge in [-0.15, -0.1) is 0 Å². The van der Waals surface area contributed by atoms with Crippen molar-refractivity contribution in [1.29, 1.82) is 0 Å². The Hall–Kier alpha value is -2.75. The number of rotatable bonds is 4. The van der Waals surface area contributed by atoms with Crippen LogP contribution in [0.2, 0.25) is 0 Å². The van der Waals surface area contributed by atoms with Crippen LogP contribution >= 0.6 is 0 Å². The molecule has 2 atom stereocenters. The molecule has 4 heterocycles. The fourth-order valence-electron chi connectivity index (χ4n) is 4.50. The van der Waals surface area contributed by atoms with E-state index < -0.39 is 17.8 Å². The Balaban J connectivity index is 1.23. The smallest absolute Gasteiger partial charge is 0.433 e. The maximum atomic E-state index is 13.0. The lowest BCUT2D eigenvalue weighted by Gasteiger charge is -2.25. The Labute approximate surface area is 183 Å². The van der Waals surface area contributed by atoms with Crippen LogP contribution in [0.3, 0.4) is 0 Å². The van der Waals surface area contributed by atoms with Gasteiger partial charge in [0.15, 0.2) is 0 Å². The molecule has 10 heteroatoms. The molecule has 1 saturated carbocycles. The number of pyridine rings is 1. The average Bonchev–Trinajstić information content (AvgIpc) is 3.58. The SMILES string of the molecule is O=C(c1cccc(C(F)(F)F)n1)N1CCCN2C[C@@H](Oc3cnc(C4CC4)cn3)C[C@@H]2C1. The number of halogens is 3. The molecule has 0 aromatic carbocycles. The first-order chi connectivity index (χ1) is 15.4. The summed E-state index contributed by atoms with van der Waals surface area (Å²) in [6.45, 7) is 2.45. The van der Waals surface area contributed by atoms with E-state index in [2.05, 4.69) is 19.9 Å². The first-order valence-electron chi connectivity index (χ1n) is 10.9. The number of ether oxygens (including phenoxy) is 1. The molecule has 170 valence electrons. The predicted octanol–water partition coefficient (Wildman–Crippen LogP) is 3.14. The molecule has 2 saturated heterocycles. The minimum Gasteiger partial charge on any atom is -0.472 e. The first-order valence-corrected chi connectivity index (χ1v) is 10.9. The van der Waals surface area contributed by atoms with E-state index in [1.807, 2.05) is 0 Å². The number of alkyl halides is 3. The summed E-state index contributed by atoms with van der Waals surface area (Å²) in [4.78, 5) is 29.2. The van der Waals surface area contributed by atoms with Crippen LogP contribution in [-0.4, -0.2) is 69.0 Å². The van der Waals surface area contributed by atoms with Crippen molar-refractivity contribution in [2.75, 3.05) is 26.2 Å². The number of nitrogens with zero attached hydrogens (tertiary/aromatic N) is 5. The summed E-state index contributed by atoms with van der Waals surface area (Å²) in [6.07, 6.45) is 2.59. The van der Waals surface area contributed by atoms with Gasteiger partial charge in [-0.05, 0) is 31.4 Å². The summed E-state index contributed by atoms with van der Waals surface area (Å²) in [5, 5.41) is 0. The van der Waals surface area contributed by atoms with E-state index in [0.29, 0.717) is 31.3 Å². The number of carbonyl (C=O) groups is 1. The largest absolute Gasteiger partial charge is 0.472 e. The lowest BCUT2D eigenvalue weighted by Crippen LogP contribution is -2.40. The molecule has 0 bridgehead atoms. The summed E-state index contributed by atoms with van der Waals surface area (Å²) in [5.41, 5.74) is -0.219. The minimum atomic E-state index is -4.58. The Morgan fingerprint density at radius 2 is 1.94 bits per heavy atom. The van der Waals surface area contributed by atoms with Gasteiger partial charge < -0.3 is 9.64 Å². The van der Waals surface area contributed by atoms with E-state index in [1.54, 1.807) is 17.3 Å². The van der Waals surface area contributed by atoms with Crippen LogP contribution in [0.5, 0.6) is 5.88 Å². The molecule has 0 spiro atoms. The van der Waals surface area contributed by atoms with Gasteiger partial charge >= 0.3 is 6.18 Å². The molecule has 2 aromatic rings. The van der Waals surface area contributed by atoms with Crippen molar-refractivity contribution in [2.45, 2.75) is 49.9 Å². The molecule has 0 N–H and O–H groups in total. The third-order valence-corrected chi connectivity index (χ3v) is 6.27. The van der Waals surface area contributed by atoms with E-state index in [9.17, 15) is 18.0 Å². The van der Waals surface area contributed by atoms with E-state index >= 15 is 0 Å². The maximum absolute atomic E-state index is 13.0. The van der Waals surface area contributed by atoms with Crippen LogP contribution in [-0.2, 0) is 6.18 Å². The molecule has 2 aromatic heterocycles. The van der Waals surface area contributed by atoms with Gasteiger partial charge in [0.05, 0.1) is 18.1 Å². The van der Waals surface area contributed by atoms with Crippen molar-refractivity contribution in [1.82, 2.24) is 24.8 Å². The molecule has 5 rings (SSSR count). The van der Waals surface area contributed by atoms with Crippen LogP contribution < -0.4 is 4.74 Å². The molecule has 1 aliphatic carbocycles. The molecule has 32 heavy (non-hydrogen) atoms. The molecule has 1 amide bonds. The number of hydrogen-bond donors (Lipinski definition) is 0. The average molecular weight is 447 g/mol. The summed E-state index contributed by atoms with van der Waals surface area (Å²) >= 11 is 0. The molecule has 0 unspecified atom stereocenters. The zero-order valence-corrected chi connectivity index (χ0v) is 17.5. The van der Waals surface area contributed by atoms with Crippen LogP contribution in [0.15, 0.2) is 30.6 Å². The van der Waals surface area contributed by atoms with E-state index in [0.717, 1.165) is 31.3 Å². The van der Waals surface area contributed by atoms with Crippen LogP contribution in [0, 0.1) is 0 Å². The first kappa shape index (κ1) is 21.1. The molecule has 2 aliphatic heterocycles. The number of aromatic nitrogens is 3. The third kappa shape index (κ3) is 4.55. The Kier molecular flexibility index (Phi) is 5.48. The van der Waals surface area contributed by atoms with Crippen LogP contribution in [0.25, 0.3) is 0 Å². The highest BCUT2D eigenvalue weighted by atomic mass is 19.4. The fraction of sp³-hybridized carbons (Fsp3) is 0.545. The monoisotopic (exact) mass is 447 g/mol. The normalized spacial score (nSPS) is 24.2. The van der Waals surface area contributed by atoms with Gasteiger partial charge in [0, 0.05) is 44.6 Å². The van der Waals surface area contributed by atoms with Gasteiger partial charge in [-0.1, -0.05) is 6.07 Å². The van der Waals surface area contributed by atoms with Crippen molar-refractivity contribution >= 4 is 5.91 Å². The number of amides is 1. The molecular weight excluding hydrogens is 423 g/mol. The topological polar surface area (TPSA) is 71.5 Å². The fourth-order valence-corrected chi connectivity index (χ4v) is 4.50. The van der Waals surface area contributed by atoms with Crippen molar-refractivity contribution in [2.24, 2.45) is 0 Å². The van der Waals surface area contributed by atoms with E-state index in [4.69, 9.17) is 4.74 Å². The van der Waals surface area contributed by atoms with Gasteiger partial charge in [-0.2, -0.15) is 13.2 Å². The standard InChI is InChI=1S/C22H24F3N5O2/c23-22(24,25)19-4-1-3-17(28-19)21(31)30-8-2-7-29-13-16(9-15(29)12-30)32-20-11-26-18(10-27-20)14-5-6-14/h1,3-4,10-11,14-16H,2,5-9,12-13H2/t15-,16+/m1/s1. The van der Waals surface area contributed by atoms with Crippen LogP contribution in [0.1, 0.15) is 53.5 Å². The van der Waals surface area contributed by atoms with Crippen molar-refractivity contribution in [3.63, 3.8) is 0 Å². The summed E-state index contributed by atoms with van der Waals surface area (Å²) in [5.74, 6) is 0.567. The van der Waals surface area contributed by atoms with Gasteiger partial charge in [0.2, 0.25) is 5.88 Å². The zero-order chi connectivity index (χ0) is 22.3. The molecule has 0 radical (unpaired) electrons. The second kappa shape index (κ2) is 8.31. The number of hydrogen-bond acceptors (Lipinski definition) is 6. The summed E-state index contributed by atoms with van der Waals surface area (Å²) in [6, 6.07) is 3.52. The van der Waals surface area contributed by atoms with Crippen molar-refractivity contribution in [3.8, 4) is 5.88 Å². The number of carbonyl (C=O) groups excluding carboxylic acids is 1. The van der Waals surface area contributed by atoms with Gasteiger partial charge in [0.25, 0.3) is 5.91 Å². The minimum absolute atomic E-state index is 0.0668. The Morgan fingerprint density at radius 1 is 1.09 bits per heavy atom. The summed E-state index contributed by atoms with van der Waals surface area (Å²) in [7, 11) is 0. The third-order valence-electron chi connectivity index (χ3n) is 6.27. The van der Waals surface area contributed by atoms with Crippen molar-refractivity contribution in [3.05, 3.63) is 47.7 Å². The lowest BCUT2D eigenvalue weighted by molar-refractivity contribution is -0.141. The molecule has 3 fully saturated rings. The summed E-state index contributed by atoms with van der Waals surface area (Å²) < 4.78 is 45.0. The van der Waals surface area contributed by atoms with Gasteiger partial charge in [-0.25, -0.2) is 9.97 Å². The highest BCUT2D eigenvalue weighted by Crippen LogP contribution is 2.38. The quantitative estimate of drug-likeness (QED) is 0.717. The highest BCUT2D eigenvalue weighted by molar-refractivity contribution is 5.92. The van der Waals surface area contributed by atoms with Crippen LogP contribution in [0.4, 0.5) is 13.2 Å². The maximum Gasteiger partial charge on any atom is 0.433 e. The van der Waals surface area contributed by atoms with Gasteiger partial charge in [0.1, 0.15) is 17.5 Å². The zero-order valence-electron chi connectivity index (χ0n) is 17.5. The van der Waals surface area contributed by atoms with Gasteiger partial charge in [-0.3, -0.25) is 14.7 Å². The second-order valence-corrected chi connectivity index (χ2v) is 8.69. The molecule has 7 nitrogen and oxygen atoms in total. The predicted molar refractivity (Wildman–Crippen MR) is 108 cm³/mol. The lowest BCUT2D eigenvalue weighted by atomic mass is 10.1. The van der Waals surface area contributed by atoms with Crippen molar-refractivity contribution < 1.29 is 22.7 Å². The molecule has 3 aliphatic rings. The Bertz CT molecular complexity index is 980. The molecular formula is C22H24F3N5O2. The van der Waals surface area contributed by atoms with E-state index in [-0.39, 0.29) is 17.8 Å².